The molecule has 0 aromatic heterocycles. The molecule has 0 aliphatic heterocycles. The van der Waals surface area contributed by atoms with Crippen LogP contribution in [0.1, 0.15) is 72.1 Å². The van der Waals surface area contributed by atoms with Gasteiger partial charge in [-0.25, -0.2) is 4.79 Å². The summed E-state index contributed by atoms with van der Waals surface area (Å²) in [7, 11) is 1.44. The molecule has 0 radical (unpaired) electrons. The SMILES string of the molecule is COC(=O)NC(C)[C@H]1CC[C@H]2[C@@H]3CCC4=CC(=O)CC[C@]4(C)[C@H]3CC[C@]12C. The number of hydrogen-bond donors (Lipinski definition) is 1. The van der Waals surface area contributed by atoms with Crippen LogP contribution in [0.25, 0.3) is 0 Å². The average Bonchev–Trinajstić information content (AvgIpc) is 2.99. The Morgan fingerprint density at radius 1 is 1.15 bits per heavy atom. The van der Waals surface area contributed by atoms with Gasteiger partial charge in [-0.3, -0.25) is 4.79 Å². The summed E-state index contributed by atoms with van der Waals surface area (Å²) in [6, 6.07) is 0.158. The smallest absolute Gasteiger partial charge is 0.407 e. The number of nitrogens with one attached hydrogen (secondary N) is 1. The van der Waals surface area contributed by atoms with Crippen LogP contribution in [-0.2, 0) is 9.53 Å². The summed E-state index contributed by atoms with van der Waals surface area (Å²) in [5.41, 5.74) is 1.99. The second kappa shape index (κ2) is 6.63. The summed E-state index contributed by atoms with van der Waals surface area (Å²) in [6.45, 7) is 7.08. The zero-order valence-corrected chi connectivity index (χ0v) is 17.3. The van der Waals surface area contributed by atoms with Crippen LogP contribution < -0.4 is 5.32 Å². The maximum absolute atomic E-state index is 12.0. The topological polar surface area (TPSA) is 55.4 Å². The van der Waals surface area contributed by atoms with Gasteiger partial charge < -0.3 is 10.1 Å². The molecule has 4 nitrogen and oxygen atoms in total. The van der Waals surface area contributed by atoms with Crippen LogP contribution in [0.15, 0.2) is 11.6 Å². The van der Waals surface area contributed by atoms with E-state index < -0.39 is 0 Å². The van der Waals surface area contributed by atoms with Crippen molar-refractivity contribution in [3.8, 4) is 0 Å². The minimum atomic E-state index is -0.310. The molecular formula is C23H35NO3. The van der Waals surface area contributed by atoms with Gasteiger partial charge in [0, 0.05) is 12.5 Å². The highest BCUT2D eigenvalue weighted by atomic mass is 16.5. The zero-order chi connectivity index (χ0) is 19.4. The fourth-order valence-electron chi connectivity index (χ4n) is 7.77. The zero-order valence-electron chi connectivity index (χ0n) is 17.3. The molecule has 1 unspecified atom stereocenters. The van der Waals surface area contributed by atoms with Crippen LogP contribution in [0.2, 0.25) is 0 Å². The van der Waals surface area contributed by atoms with Crippen molar-refractivity contribution >= 4 is 11.9 Å². The number of ether oxygens (including phenoxy) is 1. The minimum absolute atomic E-state index is 0.158. The molecule has 0 aromatic rings. The van der Waals surface area contributed by atoms with Crippen molar-refractivity contribution in [1.29, 1.82) is 0 Å². The third-order valence-corrected chi connectivity index (χ3v) is 9.17. The number of methoxy groups -OCH3 is 1. The molecule has 0 aromatic carbocycles. The molecule has 4 rings (SSSR count). The second-order valence-corrected chi connectivity index (χ2v) is 10.1. The molecule has 0 heterocycles. The molecule has 0 bridgehead atoms. The van der Waals surface area contributed by atoms with E-state index >= 15 is 0 Å². The number of fused-ring (bicyclic) bond motifs is 5. The van der Waals surface area contributed by atoms with Gasteiger partial charge in [-0.15, -0.1) is 0 Å². The van der Waals surface area contributed by atoms with E-state index in [9.17, 15) is 9.59 Å². The van der Waals surface area contributed by atoms with E-state index in [0.717, 1.165) is 37.0 Å². The highest BCUT2D eigenvalue weighted by Gasteiger charge is 2.59. The molecule has 4 heteroatoms. The Balaban J connectivity index is 1.56. The summed E-state index contributed by atoms with van der Waals surface area (Å²) in [5, 5.41) is 3.05. The molecule has 4 aliphatic rings. The van der Waals surface area contributed by atoms with E-state index in [4.69, 9.17) is 4.74 Å². The van der Waals surface area contributed by atoms with Crippen molar-refractivity contribution in [3.05, 3.63) is 11.6 Å². The monoisotopic (exact) mass is 373 g/mol. The van der Waals surface area contributed by atoms with Crippen molar-refractivity contribution in [2.45, 2.75) is 78.2 Å². The first-order valence-electron chi connectivity index (χ1n) is 10.9. The summed E-state index contributed by atoms with van der Waals surface area (Å²) in [5.74, 6) is 3.12. The van der Waals surface area contributed by atoms with E-state index in [1.165, 1.54) is 44.8 Å². The number of rotatable bonds is 2. The molecule has 3 fully saturated rings. The Labute approximate surface area is 163 Å². The van der Waals surface area contributed by atoms with Crippen molar-refractivity contribution in [2.75, 3.05) is 7.11 Å². The Kier molecular flexibility index (Phi) is 4.67. The van der Waals surface area contributed by atoms with Gasteiger partial charge in [0.2, 0.25) is 0 Å². The van der Waals surface area contributed by atoms with Gasteiger partial charge in [0.1, 0.15) is 0 Å². The number of hydrogen-bond acceptors (Lipinski definition) is 3. The number of alkyl carbamates (subject to hydrolysis) is 1. The van der Waals surface area contributed by atoms with Gasteiger partial charge in [-0.2, -0.15) is 0 Å². The lowest BCUT2D eigenvalue weighted by molar-refractivity contribution is -0.117. The second-order valence-electron chi connectivity index (χ2n) is 10.1. The number of carbonyl (C=O) groups excluding carboxylic acids is 2. The van der Waals surface area contributed by atoms with Crippen LogP contribution in [0.5, 0.6) is 0 Å². The van der Waals surface area contributed by atoms with Crippen molar-refractivity contribution in [2.24, 2.45) is 34.5 Å². The number of allylic oxidation sites excluding steroid dienone is 1. The fraction of sp³-hybridized carbons (Fsp3) is 0.826. The summed E-state index contributed by atoms with van der Waals surface area (Å²) in [4.78, 5) is 23.7. The van der Waals surface area contributed by atoms with Gasteiger partial charge in [-0.05, 0) is 92.4 Å². The lowest BCUT2D eigenvalue weighted by Crippen LogP contribution is -2.52. The molecule has 3 saturated carbocycles. The standard InChI is InChI=1S/C23H35NO3/c1-14(24-21(26)27-4)18-7-8-19-17-6-5-15-13-16(25)9-11-22(15,2)20(17)10-12-23(18,19)3/h13-14,17-20H,5-12H2,1-4H3,(H,24,26)/t14?,17-,18+,19-,20-,22-,23+/m0/s1. The van der Waals surface area contributed by atoms with Crippen LogP contribution in [-0.4, -0.2) is 25.0 Å². The van der Waals surface area contributed by atoms with Gasteiger partial charge in [-0.1, -0.05) is 19.4 Å². The molecule has 150 valence electrons. The lowest BCUT2D eigenvalue weighted by Gasteiger charge is -2.58. The van der Waals surface area contributed by atoms with Gasteiger partial charge >= 0.3 is 6.09 Å². The van der Waals surface area contributed by atoms with Crippen LogP contribution >= 0.6 is 0 Å². The van der Waals surface area contributed by atoms with Crippen molar-refractivity contribution in [3.63, 3.8) is 0 Å². The van der Waals surface area contributed by atoms with Crippen LogP contribution in [0.3, 0.4) is 0 Å². The van der Waals surface area contributed by atoms with Gasteiger partial charge in [0.15, 0.2) is 5.78 Å². The molecule has 27 heavy (non-hydrogen) atoms. The Hall–Kier alpha value is -1.32. The minimum Gasteiger partial charge on any atom is -0.453 e. The highest BCUT2D eigenvalue weighted by molar-refractivity contribution is 5.91. The molecule has 1 N–H and O–H groups in total. The lowest BCUT2D eigenvalue weighted by atomic mass is 9.46. The van der Waals surface area contributed by atoms with Gasteiger partial charge in [0.25, 0.3) is 0 Å². The quantitative estimate of drug-likeness (QED) is 0.750. The number of amides is 1. The molecule has 0 spiro atoms. The van der Waals surface area contributed by atoms with Crippen molar-refractivity contribution in [1.82, 2.24) is 5.32 Å². The predicted molar refractivity (Wildman–Crippen MR) is 105 cm³/mol. The molecule has 7 atom stereocenters. The van der Waals surface area contributed by atoms with Crippen molar-refractivity contribution < 1.29 is 14.3 Å². The maximum Gasteiger partial charge on any atom is 0.407 e. The Morgan fingerprint density at radius 3 is 2.67 bits per heavy atom. The van der Waals surface area contributed by atoms with E-state index in [1.807, 2.05) is 6.08 Å². The summed E-state index contributed by atoms with van der Waals surface area (Å²) >= 11 is 0. The van der Waals surface area contributed by atoms with E-state index in [2.05, 4.69) is 26.1 Å². The largest absolute Gasteiger partial charge is 0.453 e. The summed E-state index contributed by atoms with van der Waals surface area (Å²) < 4.78 is 4.83. The maximum atomic E-state index is 12.0. The highest BCUT2D eigenvalue weighted by Crippen LogP contribution is 2.66. The first kappa shape index (κ1) is 19.0. The van der Waals surface area contributed by atoms with Crippen LogP contribution in [0, 0.1) is 34.5 Å². The molecule has 0 saturated heterocycles. The van der Waals surface area contributed by atoms with E-state index in [1.54, 1.807) is 0 Å². The predicted octanol–water partition coefficient (Wildman–Crippen LogP) is 4.88. The number of ketones is 1. The van der Waals surface area contributed by atoms with Crippen LogP contribution in [0.4, 0.5) is 4.79 Å². The Morgan fingerprint density at radius 2 is 1.93 bits per heavy atom. The first-order chi connectivity index (χ1) is 12.8. The fourth-order valence-corrected chi connectivity index (χ4v) is 7.77. The third-order valence-electron chi connectivity index (χ3n) is 9.17. The summed E-state index contributed by atoms with van der Waals surface area (Å²) in [6.07, 6.45) is 10.8. The van der Waals surface area contributed by atoms with Gasteiger partial charge in [0.05, 0.1) is 7.11 Å². The van der Waals surface area contributed by atoms with E-state index in [0.29, 0.717) is 17.1 Å². The Bertz CT molecular complexity index is 671. The average molecular weight is 374 g/mol. The normalized spacial score (nSPS) is 44.4. The number of carbonyl (C=O) groups is 2. The molecular weight excluding hydrogens is 338 g/mol. The molecule has 1 amide bonds. The third kappa shape index (κ3) is 2.86. The first-order valence-corrected chi connectivity index (χ1v) is 10.9. The molecule has 4 aliphatic carbocycles. The van der Waals surface area contributed by atoms with E-state index in [-0.39, 0.29) is 17.6 Å².